The fourth-order valence-electron chi connectivity index (χ4n) is 4.52. The zero-order valence-corrected chi connectivity index (χ0v) is 13.8. The van der Waals surface area contributed by atoms with Crippen LogP contribution in [0, 0.1) is 0 Å². The zero-order chi connectivity index (χ0) is 15.1. The van der Waals surface area contributed by atoms with Gasteiger partial charge in [-0.25, -0.2) is 0 Å². The maximum absolute atomic E-state index is 13.1. The minimum atomic E-state index is -0.234. The minimum Gasteiger partial charge on any atom is -0.375 e. The Balaban J connectivity index is 1.82. The molecular weight excluding hydrogens is 264 g/mol. The first kappa shape index (κ1) is 15.3. The van der Waals surface area contributed by atoms with Crippen LogP contribution < -0.4 is 5.32 Å². The number of hydrogen-bond acceptors (Lipinski definition) is 3. The highest BCUT2D eigenvalue weighted by atomic mass is 16.5. The molecule has 3 fully saturated rings. The number of nitrogens with one attached hydrogen (secondary N) is 1. The van der Waals surface area contributed by atoms with Gasteiger partial charge in [-0.05, 0) is 46.0 Å². The van der Waals surface area contributed by atoms with E-state index in [0.29, 0.717) is 11.9 Å². The van der Waals surface area contributed by atoms with Gasteiger partial charge in [0.25, 0.3) is 0 Å². The highest BCUT2D eigenvalue weighted by Gasteiger charge is 2.54. The van der Waals surface area contributed by atoms with Crippen LogP contribution in [0.2, 0.25) is 0 Å². The Kier molecular flexibility index (Phi) is 4.04. The maximum Gasteiger partial charge on any atom is 0.244 e. The summed E-state index contributed by atoms with van der Waals surface area (Å²) in [6, 6.07) is 0.338. The summed E-state index contributed by atoms with van der Waals surface area (Å²) in [4.78, 5) is 15.4. The second-order valence-corrected chi connectivity index (χ2v) is 7.71. The molecule has 2 heterocycles. The van der Waals surface area contributed by atoms with Crippen LogP contribution in [-0.2, 0) is 9.53 Å². The van der Waals surface area contributed by atoms with Crippen molar-refractivity contribution in [3.63, 3.8) is 0 Å². The van der Waals surface area contributed by atoms with Gasteiger partial charge in [0.2, 0.25) is 5.91 Å². The summed E-state index contributed by atoms with van der Waals surface area (Å²) >= 11 is 0. The predicted molar refractivity (Wildman–Crippen MR) is 82.9 cm³/mol. The Morgan fingerprint density at radius 2 is 2.05 bits per heavy atom. The van der Waals surface area contributed by atoms with Crippen LogP contribution in [0.1, 0.15) is 72.1 Å². The lowest BCUT2D eigenvalue weighted by atomic mass is 9.91. The number of rotatable bonds is 3. The van der Waals surface area contributed by atoms with E-state index < -0.39 is 0 Å². The predicted octanol–water partition coefficient (Wildman–Crippen LogP) is 2.81. The molecule has 0 bridgehead atoms. The van der Waals surface area contributed by atoms with Crippen molar-refractivity contribution >= 4 is 5.91 Å². The molecule has 3 rings (SSSR count). The van der Waals surface area contributed by atoms with Gasteiger partial charge in [-0.1, -0.05) is 26.2 Å². The SMILES string of the molecule is CCCC1NC2(CCCC2)C(=O)N1C1CCOC(C)(C)C1. The molecule has 2 saturated heterocycles. The van der Waals surface area contributed by atoms with Crippen LogP contribution in [-0.4, -0.2) is 40.8 Å². The second-order valence-electron chi connectivity index (χ2n) is 7.71. The molecule has 2 aliphatic heterocycles. The number of amides is 1. The molecule has 2 unspecified atom stereocenters. The number of carbonyl (C=O) groups excluding carboxylic acids is 1. The van der Waals surface area contributed by atoms with E-state index in [0.717, 1.165) is 45.1 Å². The molecule has 4 heteroatoms. The Morgan fingerprint density at radius 1 is 1.33 bits per heavy atom. The Bertz CT molecular complexity index is 402. The summed E-state index contributed by atoms with van der Waals surface area (Å²) in [7, 11) is 0. The normalized spacial score (nSPS) is 34.8. The first-order chi connectivity index (χ1) is 9.97. The largest absolute Gasteiger partial charge is 0.375 e. The van der Waals surface area contributed by atoms with Gasteiger partial charge >= 0.3 is 0 Å². The lowest BCUT2D eigenvalue weighted by Crippen LogP contribution is -2.51. The maximum atomic E-state index is 13.1. The lowest BCUT2D eigenvalue weighted by molar-refractivity contribution is -0.141. The Labute approximate surface area is 128 Å². The summed E-state index contributed by atoms with van der Waals surface area (Å²) in [5.74, 6) is 0.376. The number of nitrogens with zero attached hydrogens (tertiary/aromatic N) is 1. The van der Waals surface area contributed by atoms with Crippen molar-refractivity contribution in [3.05, 3.63) is 0 Å². The summed E-state index contributed by atoms with van der Waals surface area (Å²) in [5.41, 5.74) is -0.340. The number of ether oxygens (including phenoxy) is 1. The minimum absolute atomic E-state index is 0.106. The van der Waals surface area contributed by atoms with Gasteiger partial charge in [0.05, 0.1) is 17.3 Å². The molecule has 3 aliphatic rings. The van der Waals surface area contributed by atoms with Gasteiger partial charge in [0.1, 0.15) is 0 Å². The first-order valence-corrected chi connectivity index (χ1v) is 8.72. The standard InChI is InChI=1S/C17H30N2O2/c1-4-7-14-18-17(9-5-6-10-17)15(20)19(14)13-8-11-21-16(2,3)12-13/h13-14,18H,4-12H2,1-3H3. The monoisotopic (exact) mass is 294 g/mol. The highest BCUT2D eigenvalue weighted by Crippen LogP contribution is 2.40. The highest BCUT2D eigenvalue weighted by molar-refractivity contribution is 5.89. The Morgan fingerprint density at radius 3 is 2.67 bits per heavy atom. The lowest BCUT2D eigenvalue weighted by Gasteiger charge is -2.41. The molecule has 2 atom stereocenters. The van der Waals surface area contributed by atoms with Crippen molar-refractivity contribution in [1.29, 1.82) is 0 Å². The van der Waals surface area contributed by atoms with E-state index in [1.165, 1.54) is 12.8 Å². The molecule has 1 spiro atoms. The number of hydrogen-bond donors (Lipinski definition) is 1. The third-order valence-electron chi connectivity index (χ3n) is 5.51. The summed E-state index contributed by atoms with van der Waals surface area (Å²) in [6.07, 6.45) is 8.76. The van der Waals surface area contributed by atoms with E-state index in [-0.39, 0.29) is 17.3 Å². The van der Waals surface area contributed by atoms with Gasteiger partial charge in [0, 0.05) is 12.6 Å². The Hall–Kier alpha value is -0.610. The van der Waals surface area contributed by atoms with Crippen LogP contribution in [0.25, 0.3) is 0 Å². The fraction of sp³-hybridized carbons (Fsp3) is 0.941. The van der Waals surface area contributed by atoms with Crippen LogP contribution in [0.4, 0.5) is 0 Å². The number of carbonyl (C=O) groups is 1. The molecule has 0 radical (unpaired) electrons. The molecule has 1 aliphatic carbocycles. The van der Waals surface area contributed by atoms with Crippen molar-refractivity contribution in [1.82, 2.24) is 10.2 Å². The third-order valence-corrected chi connectivity index (χ3v) is 5.51. The zero-order valence-electron chi connectivity index (χ0n) is 13.8. The van der Waals surface area contributed by atoms with Crippen molar-refractivity contribution in [3.8, 4) is 0 Å². The summed E-state index contributed by atoms with van der Waals surface area (Å²) in [6.45, 7) is 7.27. The van der Waals surface area contributed by atoms with E-state index in [1.807, 2.05) is 0 Å². The fourth-order valence-corrected chi connectivity index (χ4v) is 4.52. The van der Waals surface area contributed by atoms with Gasteiger partial charge in [-0.2, -0.15) is 0 Å². The van der Waals surface area contributed by atoms with E-state index in [9.17, 15) is 4.79 Å². The van der Waals surface area contributed by atoms with E-state index >= 15 is 0 Å². The van der Waals surface area contributed by atoms with Crippen LogP contribution in [0.5, 0.6) is 0 Å². The van der Waals surface area contributed by atoms with Crippen LogP contribution in [0.15, 0.2) is 0 Å². The molecule has 1 saturated carbocycles. The first-order valence-electron chi connectivity index (χ1n) is 8.72. The van der Waals surface area contributed by atoms with Gasteiger partial charge in [-0.15, -0.1) is 0 Å². The molecular formula is C17H30N2O2. The smallest absolute Gasteiger partial charge is 0.244 e. The van der Waals surface area contributed by atoms with E-state index in [4.69, 9.17) is 4.74 Å². The average molecular weight is 294 g/mol. The van der Waals surface area contributed by atoms with Crippen LogP contribution >= 0.6 is 0 Å². The third kappa shape index (κ3) is 2.72. The molecule has 1 N–H and O–H groups in total. The van der Waals surface area contributed by atoms with Crippen molar-refractivity contribution in [2.24, 2.45) is 0 Å². The summed E-state index contributed by atoms with van der Waals surface area (Å²) < 4.78 is 5.84. The van der Waals surface area contributed by atoms with Gasteiger partial charge in [-0.3, -0.25) is 10.1 Å². The molecule has 0 aromatic carbocycles. The molecule has 0 aromatic rings. The molecule has 120 valence electrons. The van der Waals surface area contributed by atoms with Gasteiger partial charge in [0.15, 0.2) is 0 Å². The van der Waals surface area contributed by atoms with E-state index in [2.05, 4.69) is 31.0 Å². The molecule has 21 heavy (non-hydrogen) atoms. The quantitative estimate of drug-likeness (QED) is 0.870. The van der Waals surface area contributed by atoms with E-state index in [1.54, 1.807) is 0 Å². The topological polar surface area (TPSA) is 41.6 Å². The van der Waals surface area contributed by atoms with Crippen molar-refractivity contribution in [2.45, 2.75) is 95.5 Å². The van der Waals surface area contributed by atoms with Gasteiger partial charge < -0.3 is 9.64 Å². The van der Waals surface area contributed by atoms with Crippen molar-refractivity contribution in [2.75, 3.05) is 6.61 Å². The second kappa shape index (κ2) is 5.54. The summed E-state index contributed by atoms with van der Waals surface area (Å²) in [5, 5.41) is 3.73. The molecule has 0 aromatic heterocycles. The van der Waals surface area contributed by atoms with Crippen LogP contribution in [0.3, 0.4) is 0 Å². The van der Waals surface area contributed by atoms with Crippen molar-refractivity contribution < 1.29 is 9.53 Å². The molecule has 4 nitrogen and oxygen atoms in total. The average Bonchev–Trinajstić information content (AvgIpc) is 2.97. The molecule has 1 amide bonds.